The Balaban J connectivity index is 2.26. The molecule has 0 fully saturated rings. The third kappa shape index (κ3) is 7.10. The average Bonchev–Trinajstić information content (AvgIpc) is 2.43. The Hall–Kier alpha value is -1.60. The van der Waals surface area contributed by atoms with Gasteiger partial charge in [0.2, 0.25) is 11.8 Å². The molecule has 3 N–H and O–H groups in total. The van der Waals surface area contributed by atoms with Crippen LogP contribution in [0.3, 0.4) is 0 Å². The zero-order chi connectivity index (χ0) is 14.6. The molecule has 0 spiro atoms. The van der Waals surface area contributed by atoms with Gasteiger partial charge >= 0.3 is 0 Å². The minimum Gasteiger partial charge on any atom is -0.475 e. The lowest BCUT2D eigenvalue weighted by Gasteiger charge is -2.09. The van der Waals surface area contributed by atoms with Crippen LogP contribution in [0, 0.1) is 0 Å². The molecule has 1 aromatic rings. The van der Waals surface area contributed by atoms with Crippen LogP contribution in [0.1, 0.15) is 19.8 Å². The highest BCUT2D eigenvalue weighted by molar-refractivity contribution is 5.42. The summed E-state index contributed by atoms with van der Waals surface area (Å²) in [5.41, 5.74) is 5.63. The van der Waals surface area contributed by atoms with Crippen LogP contribution in [-0.2, 0) is 9.47 Å². The van der Waals surface area contributed by atoms with Crippen molar-refractivity contribution < 1.29 is 14.2 Å². The third-order valence-corrected chi connectivity index (χ3v) is 2.39. The molecule has 0 aliphatic heterocycles. The van der Waals surface area contributed by atoms with E-state index >= 15 is 0 Å². The fraction of sp³-hybridized carbons (Fsp3) is 0.692. The number of methoxy groups -OCH3 is 1. The van der Waals surface area contributed by atoms with Crippen LogP contribution in [0.5, 0.6) is 5.88 Å². The van der Waals surface area contributed by atoms with E-state index in [1.165, 1.54) is 0 Å². The minimum absolute atomic E-state index is 0.196. The summed E-state index contributed by atoms with van der Waals surface area (Å²) in [6.45, 7) is 5.21. The van der Waals surface area contributed by atoms with Crippen molar-refractivity contribution in [3.05, 3.63) is 6.07 Å². The van der Waals surface area contributed by atoms with Crippen LogP contribution >= 0.6 is 0 Å². The first-order valence-corrected chi connectivity index (χ1v) is 6.84. The van der Waals surface area contributed by atoms with E-state index in [4.69, 9.17) is 19.9 Å². The Morgan fingerprint density at radius 2 is 2.05 bits per heavy atom. The number of ether oxygens (including phenoxy) is 3. The van der Waals surface area contributed by atoms with Crippen LogP contribution in [0.4, 0.5) is 11.8 Å². The number of nitrogens with one attached hydrogen (secondary N) is 1. The molecule has 0 saturated heterocycles. The second-order valence-electron chi connectivity index (χ2n) is 4.18. The smallest absolute Gasteiger partial charge is 0.225 e. The third-order valence-electron chi connectivity index (χ3n) is 2.39. The van der Waals surface area contributed by atoms with E-state index in [1.807, 2.05) is 0 Å². The van der Waals surface area contributed by atoms with E-state index in [-0.39, 0.29) is 5.95 Å². The lowest BCUT2D eigenvalue weighted by Crippen LogP contribution is -2.11. The zero-order valence-corrected chi connectivity index (χ0v) is 12.2. The normalized spacial score (nSPS) is 10.5. The van der Waals surface area contributed by atoms with Crippen molar-refractivity contribution in [2.45, 2.75) is 19.8 Å². The Labute approximate surface area is 119 Å². The summed E-state index contributed by atoms with van der Waals surface area (Å²) in [4.78, 5) is 8.10. The van der Waals surface area contributed by atoms with Gasteiger partial charge in [-0.3, -0.25) is 0 Å². The molecule has 0 bridgehead atoms. The standard InChI is InChI=1S/C13H24N4O3/c1-3-5-15-11-10-12(17-13(14)16-11)20-9-8-19-7-4-6-18-2/h10H,3-9H2,1-2H3,(H3,14,15,16,17). The van der Waals surface area contributed by atoms with Crippen LogP contribution in [0.15, 0.2) is 6.07 Å². The van der Waals surface area contributed by atoms with E-state index in [0.717, 1.165) is 19.4 Å². The average molecular weight is 284 g/mol. The Morgan fingerprint density at radius 3 is 2.80 bits per heavy atom. The molecule has 114 valence electrons. The fourth-order valence-electron chi connectivity index (χ4n) is 1.47. The van der Waals surface area contributed by atoms with Gasteiger partial charge in [0.1, 0.15) is 12.4 Å². The molecule has 20 heavy (non-hydrogen) atoms. The predicted octanol–water partition coefficient (Wildman–Crippen LogP) is 1.31. The van der Waals surface area contributed by atoms with Gasteiger partial charge in [0, 0.05) is 32.9 Å². The van der Waals surface area contributed by atoms with Crippen LogP contribution in [0.25, 0.3) is 0 Å². The quantitative estimate of drug-likeness (QED) is 0.592. The second-order valence-corrected chi connectivity index (χ2v) is 4.18. The summed E-state index contributed by atoms with van der Waals surface area (Å²) in [7, 11) is 1.67. The number of rotatable bonds is 11. The van der Waals surface area contributed by atoms with Gasteiger partial charge in [-0.1, -0.05) is 6.92 Å². The number of aromatic nitrogens is 2. The summed E-state index contributed by atoms with van der Waals surface area (Å²) in [5.74, 6) is 1.33. The molecule has 0 aromatic carbocycles. The van der Waals surface area contributed by atoms with Gasteiger partial charge in [-0.15, -0.1) is 0 Å². The second kappa shape index (κ2) is 10.2. The van der Waals surface area contributed by atoms with Crippen LogP contribution < -0.4 is 15.8 Å². The highest BCUT2D eigenvalue weighted by Gasteiger charge is 2.03. The lowest BCUT2D eigenvalue weighted by molar-refractivity contribution is 0.0796. The zero-order valence-electron chi connectivity index (χ0n) is 12.2. The molecular weight excluding hydrogens is 260 g/mol. The number of anilines is 2. The maximum absolute atomic E-state index is 5.63. The molecule has 7 heteroatoms. The van der Waals surface area contributed by atoms with Gasteiger partial charge in [0.25, 0.3) is 0 Å². The van der Waals surface area contributed by atoms with Crippen LogP contribution in [-0.4, -0.2) is 50.1 Å². The minimum atomic E-state index is 0.196. The number of nitrogens with zero attached hydrogens (tertiary/aromatic N) is 2. The van der Waals surface area contributed by atoms with Gasteiger partial charge in [-0.2, -0.15) is 9.97 Å². The molecule has 0 radical (unpaired) electrons. The van der Waals surface area contributed by atoms with Gasteiger partial charge < -0.3 is 25.3 Å². The number of hydrogen-bond donors (Lipinski definition) is 2. The van der Waals surface area contributed by atoms with Crippen molar-refractivity contribution in [2.75, 3.05) is 51.1 Å². The summed E-state index contributed by atoms with van der Waals surface area (Å²) in [6.07, 6.45) is 1.89. The summed E-state index contributed by atoms with van der Waals surface area (Å²) < 4.78 is 15.8. The molecule has 0 aliphatic rings. The first-order chi connectivity index (χ1) is 9.76. The summed E-state index contributed by atoms with van der Waals surface area (Å²) in [6, 6.07) is 1.73. The van der Waals surface area contributed by atoms with E-state index in [0.29, 0.717) is 38.1 Å². The Bertz CT molecular complexity index is 377. The van der Waals surface area contributed by atoms with Gasteiger partial charge in [-0.05, 0) is 12.8 Å². The maximum Gasteiger partial charge on any atom is 0.225 e. The number of nitrogen functional groups attached to an aromatic ring is 1. The number of hydrogen-bond acceptors (Lipinski definition) is 7. The molecule has 1 rings (SSSR count). The molecule has 0 saturated carbocycles. The molecule has 1 heterocycles. The first kappa shape index (κ1) is 16.5. The molecule has 0 amide bonds. The van der Waals surface area contributed by atoms with E-state index in [2.05, 4.69) is 22.2 Å². The first-order valence-electron chi connectivity index (χ1n) is 6.84. The van der Waals surface area contributed by atoms with Crippen molar-refractivity contribution in [1.29, 1.82) is 0 Å². The molecule has 7 nitrogen and oxygen atoms in total. The lowest BCUT2D eigenvalue weighted by atomic mass is 10.4. The van der Waals surface area contributed by atoms with E-state index in [1.54, 1.807) is 13.2 Å². The van der Waals surface area contributed by atoms with Crippen molar-refractivity contribution >= 4 is 11.8 Å². The summed E-state index contributed by atoms with van der Waals surface area (Å²) >= 11 is 0. The van der Waals surface area contributed by atoms with Crippen molar-refractivity contribution in [3.8, 4) is 5.88 Å². The molecular formula is C13H24N4O3. The SMILES string of the molecule is CCCNc1cc(OCCOCCCOC)nc(N)n1. The molecule has 0 aliphatic carbocycles. The Kier molecular flexibility index (Phi) is 8.41. The van der Waals surface area contributed by atoms with Crippen molar-refractivity contribution in [3.63, 3.8) is 0 Å². The van der Waals surface area contributed by atoms with Gasteiger partial charge in [-0.25, -0.2) is 0 Å². The number of nitrogens with two attached hydrogens (primary N) is 1. The maximum atomic E-state index is 5.63. The van der Waals surface area contributed by atoms with Crippen molar-refractivity contribution in [1.82, 2.24) is 9.97 Å². The highest BCUT2D eigenvalue weighted by atomic mass is 16.5. The predicted molar refractivity (Wildman–Crippen MR) is 78.0 cm³/mol. The largest absolute Gasteiger partial charge is 0.475 e. The molecule has 1 aromatic heterocycles. The fourth-order valence-corrected chi connectivity index (χ4v) is 1.47. The topological polar surface area (TPSA) is 91.5 Å². The monoisotopic (exact) mass is 284 g/mol. The van der Waals surface area contributed by atoms with Crippen molar-refractivity contribution in [2.24, 2.45) is 0 Å². The highest BCUT2D eigenvalue weighted by Crippen LogP contribution is 2.14. The van der Waals surface area contributed by atoms with Crippen LogP contribution in [0.2, 0.25) is 0 Å². The van der Waals surface area contributed by atoms with Gasteiger partial charge in [0.05, 0.1) is 6.61 Å². The van der Waals surface area contributed by atoms with E-state index in [9.17, 15) is 0 Å². The molecule has 0 unspecified atom stereocenters. The summed E-state index contributed by atoms with van der Waals surface area (Å²) in [5, 5.41) is 3.14. The Morgan fingerprint density at radius 1 is 1.20 bits per heavy atom. The molecule has 0 atom stereocenters. The van der Waals surface area contributed by atoms with Gasteiger partial charge in [0.15, 0.2) is 0 Å². The van der Waals surface area contributed by atoms with E-state index < -0.39 is 0 Å².